The molecule has 0 saturated heterocycles. The lowest BCUT2D eigenvalue weighted by molar-refractivity contribution is -0.116. The van der Waals surface area contributed by atoms with Crippen LogP contribution in [-0.4, -0.2) is 29.5 Å². The Labute approximate surface area is 76.7 Å². The minimum Gasteiger partial charge on any atom is -0.342 e. The molecule has 0 radical (unpaired) electrons. The molecule has 1 aromatic rings. The fourth-order valence-corrected chi connectivity index (χ4v) is 0.827. The van der Waals surface area contributed by atoms with Crippen LogP contribution in [0.25, 0.3) is 0 Å². The molecule has 0 N–H and O–H groups in total. The second kappa shape index (κ2) is 4.02. The molecule has 1 heterocycles. The molecule has 0 aromatic carbocycles. The second-order valence-electron chi connectivity index (χ2n) is 2.88. The van der Waals surface area contributed by atoms with Crippen LogP contribution < -0.4 is 4.90 Å². The Morgan fingerprint density at radius 3 is 2.85 bits per heavy atom. The van der Waals surface area contributed by atoms with Crippen molar-refractivity contribution in [2.24, 2.45) is 0 Å². The van der Waals surface area contributed by atoms with E-state index in [0.29, 0.717) is 11.8 Å². The van der Waals surface area contributed by atoms with Crippen molar-refractivity contribution in [1.29, 1.82) is 0 Å². The summed E-state index contributed by atoms with van der Waals surface area (Å²) in [5, 5.41) is 3.73. The van der Waals surface area contributed by atoms with Crippen molar-refractivity contribution in [1.82, 2.24) is 10.1 Å². The number of nitrogens with zero attached hydrogens (tertiary/aromatic N) is 3. The predicted molar refractivity (Wildman–Crippen MR) is 47.6 cm³/mol. The fourth-order valence-electron chi connectivity index (χ4n) is 0.827. The molecule has 1 aromatic heterocycles. The summed E-state index contributed by atoms with van der Waals surface area (Å²) in [5.41, 5.74) is 0. The molecule has 0 spiro atoms. The maximum Gasteiger partial charge on any atom is 0.265 e. The second-order valence-corrected chi connectivity index (χ2v) is 2.88. The summed E-state index contributed by atoms with van der Waals surface area (Å²) in [7, 11) is 1.86. The number of aromatic nitrogens is 2. The number of hydrogen-bond acceptors (Lipinski definition) is 5. The van der Waals surface area contributed by atoms with Gasteiger partial charge >= 0.3 is 0 Å². The van der Waals surface area contributed by atoms with Gasteiger partial charge in [-0.1, -0.05) is 0 Å². The van der Waals surface area contributed by atoms with E-state index in [4.69, 9.17) is 4.52 Å². The van der Waals surface area contributed by atoms with Gasteiger partial charge in [-0.3, -0.25) is 4.79 Å². The SMILES string of the molecule is CCN(C)c1noc(CC(C)=O)n1. The summed E-state index contributed by atoms with van der Waals surface area (Å²) >= 11 is 0. The van der Waals surface area contributed by atoms with Gasteiger partial charge in [-0.05, 0) is 19.0 Å². The molecule has 0 aliphatic rings. The number of ketones is 1. The van der Waals surface area contributed by atoms with Crippen LogP contribution in [-0.2, 0) is 11.2 Å². The molecular weight excluding hydrogens is 170 g/mol. The van der Waals surface area contributed by atoms with Crippen LogP contribution in [0.1, 0.15) is 19.7 Å². The quantitative estimate of drug-likeness (QED) is 0.686. The molecule has 0 aliphatic heterocycles. The van der Waals surface area contributed by atoms with Gasteiger partial charge in [0.1, 0.15) is 5.78 Å². The molecule has 72 valence electrons. The van der Waals surface area contributed by atoms with Gasteiger partial charge in [0.2, 0.25) is 5.89 Å². The van der Waals surface area contributed by atoms with E-state index >= 15 is 0 Å². The maximum atomic E-state index is 10.7. The summed E-state index contributed by atoms with van der Waals surface area (Å²) in [6, 6.07) is 0. The topological polar surface area (TPSA) is 59.2 Å². The van der Waals surface area contributed by atoms with Crippen LogP contribution in [0, 0.1) is 0 Å². The number of anilines is 1. The van der Waals surface area contributed by atoms with Gasteiger partial charge in [-0.25, -0.2) is 0 Å². The molecule has 13 heavy (non-hydrogen) atoms. The van der Waals surface area contributed by atoms with Gasteiger partial charge in [0.15, 0.2) is 0 Å². The first-order valence-electron chi connectivity index (χ1n) is 4.16. The van der Waals surface area contributed by atoms with Crippen molar-refractivity contribution >= 4 is 11.7 Å². The van der Waals surface area contributed by atoms with Crippen LogP contribution in [0.15, 0.2) is 4.52 Å². The zero-order valence-electron chi connectivity index (χ0n) is 8.07. The number of hydrogen-bond donors (Lipinski definition) is 0. The zero-order valence-corrected chi connectivity index (χ0v) is 8.07. The van der Waals surface area contributed by atoms with Crippen molar-refractivity contribution in [3.8, 4) is 0 Å². The van der Waals surface area contributed by atoms with E-state index in [9.17, 15) is 4.79 Å². The molecule has 5 heteroatoms. The molecule has 0 atom stereocenters. The van der Waals surface area contributed by atoms with Crippen LogP contribution in [0.4, 0.5) is 5.95 Å². The minimum atomic E-state index is 0.0225. The molecule has 0 fully saturated rings. The highest BCUT2D eigenvalue weighted by Gasteiger charge is 2.10. The number of carbonyl (C=O) groups excluding carboxylic acids is 1. The molecule has 5 nitrogen and oxygen atoms in total. The van der Waals surface area contributed by atoms with E-state index in [0.717, 1.165) is 6.54 Å². The third-order valence-electron chi connectivity index (χ3n) is 1.67. The lowest BCUT2D eigenvalue weighted by atomic mass is 10.3. The van der Waals surface area contributed by atoms with Crippen molar-refractivity contribution < 1.29 is 9.32 Å². The maximum absolute atomic E-state index is 10.7. The van der Waals surface area contributed by atoms with Crippen LogP contribution in [0.5, 0.6) is 0 Å². The largest absolute Gasteiger partial charge is 0.342 e. The molecule has 0 amide bonds. The Bertz CT molecular complexity index is 295. The standard InChI is InChI=1S/C8H13N3O2/c1-4-11(3)8-9-7(13-10-8)5-6(2)12/h4-5H2,1-3H3. The summed E-state index contributed by atoms with van der Waals surface area (Å²) in [6.45, 7) is 4.29. The molecule has 1 rings (SSSR count). The van der Waals surface area contributed by atoms with Crippen LogP contribution in [0.3, 0.4) is 0 Å². The van der Waals surface area contributed by atoms with E-state index in [2.05, 4.69) is 10.1 Å². The van der Waals surface area contributed by atoms with Gasteiger partial charge in [0.25, 0.3) is 5.95 Å². The molecule has 0 unspecified atom stereocenters. The molecular formula is C8H13N3O2. The normalized spacial score (nSPS) is 10.1. The van der Waals surface area contributed by atoms with E-state index in [-0.39, 0.29) is 12.2 Å². The average molecular weight is 183 g/mol. The van der Waals surface area contributed by atoms with Crippen molar-refractivity contribution in [2.75, 3.05) is 18.5 Å². The van der Waals surface area contributed by atoms with Gasteiger partial charge in [0, 0.05) is 13.6 Å². The van der Waals surface area contributed by atoms with Crippen molar-refractivity contribution in [3.05, 3.63) is 5.89 Å². The monoisotopic (exact) mass is 183 g/mol. The van der Waals surface area contributed by atoms with E-state index in [1.165, 1.54) is 6.92 Å². The van der Waals surface area contributed by atoms with Gasteiger partial charge < -0.3 is 9.42 Å². The smallest absolute Gasteiger partial charge is 0.265 e. The lowest BCUT2D eigenvalue weighted by Crippen LogP contribution is -2.17. The Kier molecular flexibility index (Phi) is 3.00. The molecule has 0 saturated carbocycles. The van der Waals surface area contributed by atoms with E-state index in [1.54, 1.807) is 0 Å². The number of Topliss-reactive ketones (excluding diaryl/α,β-unsaturated/α-hetero) is 1. The summed E-state index contributed by atoms with van der Waals surface area (Å²) in [4.78, 5) is 16.6. The summed E-state index contributed by atoms with van der Waals surface area (Å²) in [6.07, 6.45) is 0.213. The predicted octanol–water partition coefficient (Wildman–Crippen LogP) is 0.657. The highest BCUT2D eigenvalue weighted by molar-refractivity contribution is 5.77. The Hall–Kier alpha value is -1.39. The third kappa shape index (κ3) is 2.54. The number of carbonyl (C=O) groups is 1. The Morgan fingerprint density at radius 1 is 1.62 bits per heavy atom. The van der Waals surface area contributed by atoms with Crippen molar-refractivity contribution in [3.63, 3.8) is 0 Å². The Morgan fingerprint density at radius 2 is 2.31 bits per heavy atom. The van der Waals surface area contributed by atoms with E-state index in [1.807, 2.05) is 18.9 Å². The first-order valence-corrected chi connectivity index (χ1v) is 4.16. The highest BCUT2D eigenvalue weighted by Crippen LogP contribution is 2.07. The lowest BCUT2D eigenvalue weighted by Gasteiger charge is -2.08. The van der Waals surface area contributed by atoms with Gasteiger partial charge in [-0.15, -0.1) is 0 Å². The van der Waals surface area contributed by atoms with Gasteiger partial charge in [-0.2, -0.15) is 4.98 Å². The number of rotatable bonds is 4. The van der Waals surface area contributed by atoms with E-state index < -0.39 is 0 Å². The fraction of sp³-hybridized carbons (Fsp3) is 0.625. The van der Waals surface area contributed by atoms with Gasteiger partial charge in [0.05, 0.1) is 6.42 Å². The first kappa shape index (κ1) is 9.70. The summed E-state index contributed by atoms with van der Waals surface area (Å²) < 4.78 is 4.87. The first-order chi connectivity index (χ1) is 6.13. The average Bonchev–Trinajstić information content (AvgIpc) is 2.50. The van der Waals surface area contributed by atoms with Crippen LogP contribution in [0.2, 0.25) is 0 Å². The zero-order chi connectivity index (χ0) is 9.84. The highest BCUT2D eigenvalue weighted by atomic mass is 16.5. The Balaban J connectivity index is 2.68. The van der Waals surface area contributed by atoms with Crippen molar-refractivity contribution in [2.45, 2.75) is 20.3 Å². The van der Waals surface area contributed by atoms with Crippen LogP contribution >= 0.6 is 0 Å². The summed E-state index contributed by atoms with van der Waals surface area (Å²) in [5.74, 6) is 0.927. The minimum absolute atomic E-state index is 0.0225. The molecule has 0 aliphatic carbocycles. The molecule has 0 bridgehead atoms. The third-order valence-corrected chi connectivity index (χ3v) is 1.67.